The van der Waals surface area contributed by atoms with Gasteiger partial charge < -0.3 is 10.0 Å². The van der Waals surface area contributed by atoms with Crippen molar-refractivity contribution in [2.45, 2.75) is 33.1 Å². The Morgan fingerprint density at radius 2 is 2.03 bits per heavy atom. The Hall–Kier alpha value is -2.88. The third kappa shape index (κ3) is 5.74. The van der Waals surface area contributed by atoms with Crippen LogP contribution in [0.15, 0.2) is 36.4 Å². The van der Waals surface area contributed by atoms with Crippen molar-refractivity contribution in [3.8, 4) is 10.6 Å². The van der Waals surface area contributed by atoms with Crippen LogP contribution in [-0.4, -0.2) is 58.3 Å². The minimum absolute atomic E-state index is 0.0900. The van der Waals surface area contributed by atoms with Crippen LogP contribution in [0.25, 0.3) is 10.6 Å². The van der Waals surface area contributed by atoms with E-state index in [9.17, 15) is 14.0 Å². The van der Waals surface area contributed by atoms with Gasteiger partial charge in [-0.15, -0.1) is 10.2 Å². The number of anilines is 1. The number of unbranched alkanes of at least 4 members (excludes halogenated alkanes) is 1. The molecule has 4 rings (SSSR count). The molecule has 10 heteroatoms. The van der Waals surface area contributed by atoms with Crippen LogP contribution in [0.4, 0.5) is 9.52 Å². The number of carboxylic acids is 1. The number of hydrogen-bond donors (Lipinski definition) is 1. The highest BCUT2D eigenvalue weighted by Gasteiger charge is 2.31. The molecule has 1 N–H and O–H groups in total. The Morgan fingerprint density at radius 3 is 2.72 bits per heavy atom. The van der Waals surface area contributed by atoms with Crippen LogP contribution in [-0.2, 0) is 11.2 Å². The van der Waals surface area contributed by atoms with Gasteiger partial charge in [0.05, 0.1) is 16.5 Å². The number of nitrogens with zero attached hydrogens (tertiary/aromatic N) is 4. The smallest absolute Gasteiger partial charge is 0.309 e. The molecule has 190 valence electrons. The number of carboxylic acid groups (broad SMARTS) is 1. The molecule has 3 aromatic rings. The fourth-order valence-corrected chi connectivity index (χ4v) is 5.30. The first kappa shape index (κ1) is 26.2. The van der Waals surface area contributed by atoms with Crippen molar-refractivity contribution in [3.05, 3.63) is 63.9 Å². The summed E-state index contributed by atoms with van der Waals surface area (Å²) in [6, 6.07) is 10.5. The molecule has 0 radical (unpaired) electrons. The zero-order chi connectivity index (χ0) is 25.8. The van der Waals surface area contributed by atoms with E-state index in [-0.39, 0.29) is 16.5 Å². The molecule has 1 fully saturated rings. The molecule has 36 heavy (non-hydrogen) atoms. The number of aryl methyl sites for hydroxylation is 1. The van der Waals surface area contributed by atoms with Gasteiger partial charge in [-0.3, -0.25) is 14.5 Å². The van der Waals surface area contributed by atoms with Crippen LogP contribution in [0.5, 0.6) is 0 Å². The second kappa shape index (κ2) is 11.5. The molecule has 7 nitrogen and oxygen atoms in total. The summed E-state index contributed by atoms with van der Waals surface area (Å²) in [5.41, 5.74) is 3.03. The minimum atomic E-state index is -0.737. The lowest BCUT2D eigenvalue weighted by Gasteiger charge is -2.36. The number of halogens is 2. The van der Waals surface area contributed by atoms with Gasteiger partial charge in [-0.05, 0) is 43.0 Å². The van der Waals surface area contributed by atoms with Crippen molar-refractivity contribution in [1.29, 1.82) is 0 Å². The molecule has 0 unspecified atom stereocenters. The van der Waals surface area contributed by atoms with Crippen molar-refractivity contribution in [2.75, 3.05) is 31.1 Å². The molecule has 1 amide bonds. The minimum Gasteiger partial charge on any atom is -0.481 e. The van der Waals surface area contributed by atoms with Gasteiger partial charge in [-0.2, -0.15) is 0 Å². The van der Waals surface area contributed by atoms with E-state index in [0.717, 1.165) is 42.5 Å². The molecule has 1 aliphatic heterocycles. The summed E-state index contributed by atoms with van der Waals surface area (Å²) in [5, 5.41) is 18.6. The van der Waals surface area contributed by atoms with Gasteiger partial charge in [-0.25, -0.2) is 4.39 Å². The van der Waals surface area contributed by atoms with Gasteiger partial charge in [0.25, 0.3) is 5.91 Å². The maximum atomic E-state index is 14.6. The van der Waals surface area contributed by atoms with E-state index >= 15 is 0 Å². The SMILES string of the molecule is CCCCN(C(=O)c1cccc(Cl)c1F)c1nnc(-c2ccc(CCN3CC(C(=O)O)C3)cc2C)s1. The summed E-state index contributed by atoms with van der Waals surface area (Å²) in [5.74, 6) is -2.21. The Labute approximate surface area is 218 Å². The standard InChI is InChI=1S/C26H28ClFN4O3S/c1-3-4-11-32(24(33)20-6-5-7-21(27)22(20)28)26-30-29-23(36-26)19-9-8-17(13-16(19)2)10-12-31-14-18(15-31)25(34)35/h5-9,13,18H,3-4,10-12,14-15H2,1-2H3,(H,34,35). The zero-order valence-corrected chi connectivity index (χ0v) is 21.8. The van der Waals surface area contributed by atoms with E-state index in [0.29, 0.717) is 29.8 Å². The number of hydrogen-bond acceptors (Lipinski definition) is 6. The van der Waals surface area contributed by atoms with Crippen molar-refractivity contribution in [3.63, 3.8) is 0 Å². The lowest BCUT2D eigenvalue weighted by atomic mass is 9.98. The van der Waals surface area contributed by atoms with E-state index in [1.165, 1.54) is 28.4 Å². The van der Waals surface area contributed by atoms with Crippen molar-refractivity contribution in [1.82, 2.24) is 15.1 Å². The molecule has 0 atom stereocenters. The van der Waals surface area contributed by atoms with Crippen LogP contribution in [0.2, 0.25) is 5.02 Å². The maximum Gasteiger partial charge on any atom is 0.309 e. The number of rotatable bonds is 10. The number of benzene rings is 2. The van der Waals surface area contributed by atoms with Crippen LogP contribution < -0.4 is 4.90 Å². The molecule has 0 aliphatic carbocycles. The van der Waals surface area contributed by atoms with Crippen molar-refractivity contribution < 1.29 is 19.1 Å². The number of carbonyl (C=O) groups is 2. The normalized spacial score (nSPS) is 14.0. The van der Waals surface area contributed by atoms with E-state index in [2.05, 4.69) is 21.2 Å². The molecule has 1 aromatic heterocycles. The quantitative estimate of drug-likeness (QED) is 0.382. The fraction of sp³-hybridized carbons (Fsp3) is 0.385. The molecular weight excluding hydrogens is 503 g/mol. The van der Waals surface area contributed by atoms with E-state index in [4.69, 9.17) is 16.7 Å². The number of amides is 1. The van der Waals surface area contributed by atoms with E-state index in [1.807, 2.05) is 26.0 Å². The highest BCUT2D eigenvalue weighted by atomic mass is 35.5. The third-order valence-corrected chi connectivity index (χ3v) is 7.62. The highest BCUT2D eigenvalue weighted by molar-refractivity contribution is 7.18. The summed E-state index contributed by atoms with van der Waals surface area (Å²) in [4.78, 5) is 27.8. The number of aromatic nitrogens is 2. The first-order chi connectivity index (χ1) is 17.3. The van der Waals surface area contributed by atoms with Crippen molar-refractivity contribution in [2.24, 2.45) is 5.92 Å². The lowest BCUT2D eigenvalue weighted by molar-refractivity contribution is -0.147. The zero-order valence-electron chi connectivity index (χ0n) is 20.2. The Bertz CT molecular complexity index is 1260. The predicted octanol–water partition coefficient (Wildman–Crippen LogP) is 5.31. The fourth-order valence-electron chi connectivity index (χ4n) is 4.17. The number of aliphatic carboxylic acids is 1. The van der Waals surface area contributed by atoms with Gasteiger partial charge >= 0.3 is 5.97 Å². The highest BCUT2D eigenvalue weighted by Crippen LogP contribution is 2.33. The maximum absolute atomic E-state index is 14.6. The summed E-state index contributed by atoms with van der Waals surface area (Å²) in [7, 11) is 0. The molecule has 0 spiro atoms. The average molecular weight is 531 g/mol. The van der Waals surface area contributed by atoms with Gasteiger partial charge in [0.2, 0.25) is 5.13 Å². The monoisotopic (exact) mass is 530 g/mol. The summed E-state index contributed by atoms with van der Waals surface area (Å²) >= 11 is 7.20. The topological polar surface area (TPSA) is 86.6 Å². The molecule has 1 saturated heterocycles. The Balaban J connectivity index is 1.49. The molecule has 0 bridgehead atoms. The average Bonchev–Trinajstić information content (AvgIpc) is 3.29. The molecule has 2 aromatic carbocycles. The Kier molecular flexibility index (Phi) is 8.33. The first-order valence-corrected chi connectivity index (χ1v) is 13.1. The summed E-state index contributed by atoms with van der Waals surface area (Å²) in [6.45, 7) is 6.45. The Morgan fingerprint density at radius 1 is 1.25 bits per heavy atom. The third-order valence-electron chi connectivity index (χ3n) is 6.35. The summed E-state index contributed by atoms with van der Waals surface area (Å²) in [6.07, 6.45) is 2.43. The van der Waals surface area contributed by atoms with E-state index in [1.54, 1.807) is 6.07 Å². The summed E-state index contributed by atoms with van der Waals surface area (Å²) < 4.78 is 14.6. The second-order valence-corrected chi connectivity index (χ2v) is 10.4. The van der Waals surface area contributed by atoms with Crippen LogP contribution in [0, 0.1) is 18.7 Å². The molecule has 1 aliphatic rings. The molecule has 0 saturated carbocycles. The second-order valence-electron chi connectivity index (χ2n) is 9.00. The van der Waals surface area contributed by atoms with E-state index < -0.39 is 17.7 Å². The van der Waals surface area contributed by atoms with Gasteiger partial charge in [0.1, 0.15) is 5.01 Å². The number of carbonyl (C=O) groups excluding carboxylic acids is 1. The molecule has 2 heterocycles. The van der Waals surface area contributed by atoms with Crippen LogP contribution >= 0.6 is 22.9 Å². The van der Waals surface area contributed by atoms with Crippen LogP contribution in [0.3, 0.4) is 0 Å². The first-order valence-electron chi connectivity index (χ1n) is 11.9. The van der Waals surface area contributed by atoms with Gasteiger partial charge in [-0.1, -0.05) is 60.5 Å². The van der Waals surface area contributed by atoms with Crippen LogP contribution in [0.1, 0.15) is 41.3 Å². The molecular formula is C26H28ClFN4O3S. The largest absolute Gasteiger partial charge is 0.481 e. The van der Waals surface area contributed by atoms with Gasteiger partial charge in [0, 0.05) is 31.7 Å². The lowest BCUT2D eigenvalue weighted by Crippen LogP contribution is -2.50. The van der Waals surface area contributed by atoms with Gasteiger partial charge in [0.15, 0.2) is 5.82 Å². The predicted molar refractivity (Wildman–Crippen MR) is 139 cm³/mol. The number of likely N-dealkylation sites (tertiary alicyclic amines) is 1. The van der Waals surface area contributed by atoms with Crippen molar-refractivity contribution >= 4 is 39.9 Å².